The van der Waals surface area contributed by atoms with Crippen LogP contribution in [-0.2, 0) is 13.6 Å². The number of rotatable bonds is 4. The molecule has 0 fully saturated rings. The van der Waals surface area contributed by atoms with Crippen molar-refractivity contribution in [1.82, 2.24) is 19.1 Å². The summed E-state index contributed by atoms with van der Waals surface area (Å²) in [6, 6.07) is 8.00. The largest absolute Gasteiger partial charge is 0.394 e. The Labute approximate surface area is 138 Å². The predicted molar refractivity (Wildman–Crippen MR) is 94.2 cm³/mol. The van der Waals surface area contributed by atoms with E-state index in [0.29, 0.717) is 5.82 Å². The van der Waals surface area contributed by atoms with Crippen molar-refractivity contribution in [2.24, 2.45) is 7.05 Å². The van der Waals surface area contributed by atoms with Crippen LogP contribution in [-0.4, -0.2) is 49.1 Å². The highest BCUT2D eigenvalue weighted by Crippen LogP contribution is 2.35. The number of imidazole rings is 1. The van der Waals surface area contributed by atoms with Crippen molar-refractivity contribution in [3.05, 3.63) is 30.6 Å². The number of aliphatic hydroxyl groups excluding tert-OH is 2. The van der Waals surface area contributed by atoms with Crippen molar-refractivity contribution in [3.8, 4) is 0 Å². The molecule has 0 aliphatic rings. The summed E-state index contributed by atoms with van der Waals surface area (Å²) in [6.45, 7) is -0.0130. The van der Waals surface area contributed by atoms with Crippen molar-refractivity contribution in [2.75, 3.05) is 19.0 Å². The van der Waals surface area contributed by atoms with Gasteiger partial charge in [-0.1, -0.05) is 18.2 Å². The highest BCUT2D eigenvalue weighted by Gasteiger charge is 2.20. The van der Waals surface area contributed by atoms with Gasteiger partial charge in [0.1, 0.15) is 11.2 Å². The molecule has 4 rings (SSSR count). The van der Waals surface area contributed by atoms with Crippen molar-refractivity contribution in [2.45, 2.75) is 12.6 Å². The Morgan fingerprint density at radius 3 is 2.83 bits per heavy atom. The molecule has 24 heavy (non-hydrogen) atoms. The van der Waals surface area contributed by atoms with E-state index in [4.69, 9.17) is 4.98 Å². The van der Waals surface area contributed by atoms with Crippen LogP contribution in [0, 0.1) is 0 Å². The summed E-state index contributed by atoms with van der Waals surface area (Å²) < 4.78 is 3.94. The van der Waals surface area contributed by atoms with Gasteiger partial charge in [-0.05, 0) is 6.07 Å². The molecule has 124 valence electrons. The highest BCUT2D eigenvalue weighted by molar-refractivity contribution is 6.19. The van der Waals surface area contributed by atoms with E-state index in [-0.39, 0.29) is 13.2 Å². The van der Waals surface area contributed by atoms with Gasteiger partial charge >= 0.3 is 0 Å². The maximum atomic E-state index is 9.97. The third-order valence-electron chi connectivity index (χ3n) is 4.40. The molecule has 0 aliphatic carbocycles. The number of nitrogens with one attached hydrogen (secondary N) is 1. The van der Waals surface area contributed by atoms with Gasteiger partial charge < -0.3 is 24.7 Å². The number of aryl methyl sites for hydroxylation is 1. The molecule has 3 heterocycles. The molecule has 3 aromatic heterocycles. The Kier molecular flexibility index (Phi) is 3.40. The Morgan fingerprint density at radius 2 is 2.08 bits per heavy atom. The molecule has 0 amide bonds. The monoisotopic (exact) mass is 325 g/mol. The summed E-state index contributed by atoms with van der Waals surface area (Å²) in [5.74, 6) is 0.695. The number of aromatic nitrogens is 4. The van der Waals surface area contributed by atoms with E-state index >= 15 is 0 Å². The standard InChI is InChI=1S/C17H19N5O2/c1-18-16-14-15(21(2)9-19-14)13-11-5-3-4-6-12(11)22(17(13)20-16)7-10(24)8-23/h3-6,9-10,23-24H,7-8H2,1-2H3,(H,18,20). The molecule has 1 atom stereocenters. The average molecular weight is 325 g/mol. The molecule has 7 heteroatoms. The number of hydrogen-bond acceptors (Lipinski definition) is 5. The van der Waals surface area contributed by atoms with Gasteiger partial charge in [-0.2, -0.15) is 0 Å². The summed E-state index contributed by atoms with van der Waals surface area (Å²) in [5.41, 5.74) is 3.56. The van der Waals surface area contributed by atoms with Crippen LogP contribution >= 0.6 is 0 Å². The molecule has 7 nitrogen and oxygen atoms in total. The number of nitrogens with zero attached hydrogens (tertiary/aromatic N) is 4. The van der Waals surface area contributed by atoms with Crippen LogP contribution in [0.1, 0.15) is 0 Å². The second kappa shape index (κ2) is 5.47. The normalized spacial score (nSPS) is 13.2. The smallest absolute Gasteiger partial charge is 0.156 e. The van der Waals surface area contributed by atoms with Crippen molar-refractivity contribution in [1.29, 1.82) is 0 Å². The van der Waals surface area contributed by atoms with Crippen molar-refractivity contribution in [3.63, 3.8) is 0 Å². The third-order valence-corrected chi connectivity index (χ3v) is 4.40. The van der Waals surface area contributed by atoms with Gasteiger partial charge in [-0.15, -0.1) is 0 Å². The third kappa shape index (κ3) is 1.98. The minimum Gasteiger partial charge on any atom is -0.394 e. The number of aliphatic hydroxyl groups is 2. The fraction of sp³-hybridized carbons (Fsp3) is 0.294. The van der Waals surface area contributed by atoms with Crippen LogP contribution in [0.5, 0.6) is 0 Å². The fourth-order valence-electron chi connectivity index (χ4n) is 3.32. The van der Waals surface area contributed by atoms with Crippen LogP contribution in [0.2, 0.25) is 0 Å². The van der Waals surface area contributed by atoms with Crippen molar-refractivity contribution < 1.29 is 10.2 Å². The predicted octanol–water partition coefficient (Wildman–Crippen LogP) is 1.47. The van der Waals surface area contributed by atoms with Gasteiger partial charge in [0.2, 0.25) is 0 Å². The van der Waals surface area contributed by atoms with E-state index in [1.165, 1.54) is 0 Å². The van der Waals surface area contributed by atoms with E-state index in [1.54, 1.807) is 6.33 Å². The molecule has 0 saturated carbocycles. The maximum Gasteiger partial charge on any atom is 0.156 e. The zero-order valence-corrected chi connectivity index (χ0v) is 13.6. The van der Waals surface area contributed by atoms with Crippen molar-refractivity contribution >= 4 is 38.8 Å². The molecule has 4 aromatic rings. The van der Waals surface area contributed by atoms with Gasteiger partial charge in [-0.25, -0.2) is 9.97 Å². The summed E-state index contributed by atoms with van der Waals surface area (Å²) in [6.07, 6.45) is 0.937. The molecule has 0 saturated heterocycles. The van der Waals surface area contributed by atoms with Crippen LogP contribution in [0.4, 0.5) is 5.82 Å². The lowest BCUT2D eigenvalue weighted by Gasteiger charge is -2.11. The summed E-state index contributed by atoms with van der Waals surface area (Å²) in [7, 11) is 3.78. The summed E-state index contributed by atoms with van der Waals surface area (Å²) in [5, 5.41) is 24.4. The molecule has 0 bridgehead atoms. The molecule has 1 unspecified atom stereocenters. The summed E-state index contributed by atoms with van der Waals surface area (Å²) in [4.78, 5) is 9.21. The first-order valence-electron chi connectivity index (χ1n) is 7.84. The Morgan fingerprint density at radius 1 is 1.29 bits per heavy atom. The average Bonchev–Trinajstić information content (AvgIpc) is 3.13. The van der Waals surface area contributed by atoms with Crippen LogP contribution in [0.15, 0.2) is 30.6 Å². The number of benzene rings is 1. The first-order valence-corrected chi connectivity index (χ1v) is 7.84. The minimum atomic E-state index is -0.842. The first-order chi connectivity index (χ1) is 11.7. The minimum absolute atomic E-state index is 0.278. The quantitative estimate of drug-likeness (QED) is 0.529. The fourth-order valence-corrected chi connectivity index (χ4v) is 3.32. The van der Waals surface area contributed by atoms with Crippen LogP contribution in [0.3, 0.4) is 0 Å². The zero-order valence-electron chi connectivity index (χ0n) is 13.6. The van der Waals surface area contributed by atoms with Gasteiger partial charge in [0, 0.05) is 19.5 Å². The highest BCUT2D eigenvalue weighted by atomic mass is 16.3. The lowest BCUT2D eigenvalue weighted by molar-refractivity contribution is 0.0830. The first kappa shape index (κ1) is 14.9. The second-order valence-corrected chi connectivity index (χ2v) is 5.93. The number of hydrogen-bond donors (Lipinski definition) is 3. The van der Waals surface area contributed by atoms with Crippen LogP contribution < -0.4 is 5.32 Å². The molecular formula is C17H19N5O2. The summed E-state index contributed by atoms with van der Waals surface area (Å²) >= 11 is 0. The van der Waals surface area contributed by atoms with Gasteiger partial charge in [0.05, 0.1) is 42.0 Å². The van der Waals surface area contributed by atoms with Gasteiger partial charge in [-0.3, -0.25) is 0 Å². The van der Waals surface area contributed by atoms with Crippen LogP contribution in [0.25, 0.3) is 33.0 Å². The molecule has 0 aliphatic heterocycles. The number of para-hydroxylation sites is 1. The second-order valence-electron chi connectivity index (χ2n) is 5.93. The van der Waals surface area contributed by atoms with E-state index in [9.17, 15) is 10.2 Å². The molecule has 3 N–H and O–H groups in total. The SMILES string of the molecule is CNc1nc2c(c3ccccc3n2CC(O)CO)c2c1ncn2C. The lowest BCUT2D eigenvalue weighted by atomic mass is 10.1. The van der Waals surface area contributed by atoms with E-state index in [1.807, 2.05) is 47.5 Å². The Bertz CT molecular complexity index is 1050. The molecule has 0 spiro atoms. The lowest BCUT2D eigenvalue weighted by Crippen LogP contribution is -2.20. The molecular weight excluding hydrogens is 306 g/mol. The van der Waals surface area contributed by atoms with E-state index < -0.39 is 6.10 Å². The maximum absolute atomic E-state index is 9.97. The van der Waals surface area contributed by atoms with Gasteiger partial charge in [0.15, 0.2) is 5.82 Å². The van der Waals surface area contributed by atoms with Gasteiger partial charge in [0.25, 0.3) is 0 Å². The number of pyridine rings is 1. The van der Waals surface area contributed by atoms with E-state index in [2.05, 4.69) is 10.3 Å². The number of anilines is 1. The topological polar surface area (TPSA) is 88.1 Å². The Hall–Kier alpha value is -2.64. The Balaban J connectivity index is 2.20. The molecule has 0 radical (unpaired) electrons. The zero-order chi connectivity index (χ0) is 16.8. The molecule has 1 aromatic carbocycles. The van der Waals surface area contributed by atoms with E-state index in [0.717, 1.165) is 33.0 Å². The number of fused-ring (bicyclic) bond motifs is 5.